The minimum Gasteiger partial charge on any atom is -0.485 e. The van der Waals surface area contributed by atoms with E-state index in [1.807, 2.05) is 25.2 Å². The van der Waals surface area contributed by atoms with Crippen LogP contribution in [-0.2, 0) is 0 Å². The van der Waals surface area contributed by atoms with Crippen LogP contribution < -0.4 is 9.64 Å². The van der Waals surface area contributed by atoms with E-state index in [1.165, 1.54) is 5.69 Å². The van der Waals surface area contributed by atoms with E-state index in [4.69, 9.17) is 10.00 Å². The molecule has 1 atom stereocenters. The van der Waals surface area contributed by atoms with Gasteiger partial charge in [0, 0.05) is 26.1 Å². The molecule has 0 saturated carbocycles. The number of likely N-dealkylation sites (N-methyl/N-ethyl adjacent to an activating group) is 2. The highest BCUT2D eigenvalue weighted by Crippen LogP contribution is 2.32. The van der Waals surface area contributed by atoms with E-state index in [-0.39, 0.29) is 6.10 Å². The van der Waals surface area contributed by atoms with Gasteiger partial charge in [-0.2, -0.15) is 5.26 Å². The third kappa shape index (κ3) is 3.39. The molecule has 0 spiro atoms. The summed E-state index contributed by atoms with van der Waals surface area (Å²) < 4.78 is 6.05. The molecule has 2 rings (SSSR count). The minimum absolute atomic E-state index is 0.165. The molecule has 4 nitrogen and oxygen atoms in total. The number of fused-ring (bicyclic) bond motifs is 1. The van der Waals surface area contributed by atoms with E-state index >= 15 is 0 Å². The van der Waals surface area contributed by atoms with Crippen molar-refractivity contribution < 1.29 is 4.74 Å². The van der Waals surface area contributed by atoms with Gasteiger partial charge in [0.1, 0.15) is 11.9 Å². The monoisotopic (exact) mass is 259 g/mol. The van der Waals surface area contributed by atoms with Gasteiger partial charge < -0.3 is 14.5 Å². The van der Waals surface area contributed by atoms with E-state index in [0.29, 0.717) is 6.42 Å². The Hall–Kier alpha value is -1.73. The van der Waals surface area contributed by atoms with Crippen LogP contribution in [0.5, 0.6) is 5.75 Å². The van der Waals surface area contributed by atoms with Gasteiger partial charge in [-0.1, -0.05) is 12.1 Å². The number of hydrogen-bond acceptors (Lipinski definition) is 4. The molecular weight excluding hydrogens is 238 g/mol. The lowest BCUT2D eigenvalue weighted by atomic mass is 10.2. The lowest BCUT2D eigenvalue weighted by Gasteiger charge is -2.37. The fourth-order valence-electron chi connectivity index (χ4n) is 2.45. The second-order valence-electron chi connectivity index (χ2n) is 4.92. The molecule has 0 aromatic heterocycles. The van der Waals surface area contributed by atoms with Crippen molar-refractivity contribution in [1.82, 2.24) is 4.90 Å². The van der Waals surface area contributed by atoms with Crippen molar-refractivity contribution in [3.63, 3.8) is 0 Å². The average Bonchev–Trinajstić information content (AvgIpc) is 2.44. The number of nitriles is 1. The Morgan fingerprint density at radius 2 is 2.26 bits per heavy atom. The van der Waals surface area contributed by atoms with Gasteiger partial charge >= 0.3 is 0 Å². The number of hydrogen-bond donors (Lipinski definition) is 0. The van der Waals surface area contributed by atoms with Gasteiger partial charge in [0.05, 0.1) is 18.3 Å². The van der Waals surface area contributed by atoms with E-state index in [9.17, 15) is 0 Å². The zero-order valence-corrected chi connectivity index (χ0v) is 11.7. The molecule has 1 aromatic carbocycles. The number of rotatable bonds is 5. The van der Waals surface area contributed by atoms with Crippen LogP contribution in [-0.4, -0.2) is 44.2 Å². The molecular formula is C15H21N3O. The summed E-state index contributed by atoms with van der Waals surface area (Å²) in [5.74, 6) is 0.967. The summed E-state index contributed by atoms with van der Waals surface area (Å²) in [5, 5.41) is 8.62. The summed E-state index contributed by atoms with van der Waals surface area (Å²) in [7, 11) is 2.04. The van der Waals surface area contributed by atoms with E-state index < -0.39 is 0 Å². The molecule has 0 unspecified atom stereocenters. The van der Waals surface area contributed by atoms with E-state index in [1.54, 1.807) is 0 Å². The summed E-state index contributed by atoms with van der Waals surface area (Å²) in [4.78, 5) is 4.51. The Morgan fingerprint density at radius 3 is 3.00 bits per heavy atom. The second-order valence-corrected chi connectivity index (χ2v) is 4.92. The van der Waals surface area contributed by atoms with E-state index in [2.05, 4.69) is 28.9 Å². The van der Waals surface area contributed by atoms with Gasteiger partial charge in [-0.3, -0.25) is 0 Å². The Bertz CT molecular complexity index is 455. The Morgan fingerprint density at radius 1 is 1.47 bits per heavy atom. The van der Waals surface area contributed by atoms with Crippen molar-refractivity contribution in [2.45, 2.75) is 19.4 Å². The van der Waals surface area contributed by atoms with Crippen LogP contribution in [0, 0.1) is 11.3 Å². The molecule has 1 aromatic rings. The molecule has 0 amide bonds. The van der Waals surface area contributed by atoms with Gasteiger partial charge in [-0.05, 0) is 26.1 Å². The highest BCUT2D eigenvalue weighted by atomic mass is 16.5. The largest absolute Gasteiger partial charge is 0.485 e. The normalized spacial score (nSPS) is 17.8. The van der Waals surface area contributed by atoms with Crippen LogP contribution in [0.3, 0.4) is 0 Å². The summed E-state index contributed by atoms with van der Waals surface area (Å²) in [6, 6.07) is 10.4. The van der Waals surface area contributed by atoms with E-state index in [0.717, 1.165) is 31.9 Å². The third-order valence-corrected chi connectivity index (χ3v) is 3.43. The van der Waals surface area contributed by atoms with Crippen LogP contribution >= 0.6 is 0 Å². The maximum absolute atomic E-state index is 8.62. The lowest BCUT2D eigenvalue weighted by Crippen LogP contribution is -2.45. The molecule has 0 bridgehead atoms. The lowest BCUT2D eigenvalue weighted by molar-refractivity contribution is 0.144. The van der Waals surface area contributed by atoms with Gasteiger partial charge in [-0.15, -0.1) is 0 Å². The van der Waals surface area contributed by atoms with Crippen molar-refractivity contribution >= 4 is 5.69 Å². The molecule has 19 heavy (non-hydrogen) atoms. The highest BCUT2D eigenvalue weighted by molar-refractivity contribution is 5.60. The fourth-order valence-corrected chi connectivity index (χ4v) is 2.45. The number of ether oxygens (including phenoxy) is 1. The maximum atomic E-state index is 8.62. The number of benzene rings is 1. The van der Waals surface area contributed by atoms with Crippen LogP contribution in [0.15, 0.2) is 24.3 Å². The number of para-hydroxylation sites is 2. The Kier molecular flexibility index (Phi) is 4.64. The van der Waals surface area contributed by atoms with Crippen LogP contribution in [0.2, 0.25) is 0 Å². The molecule has 0 N–H and O–H groups in total. The van der Waals surface area contributed by atoms with Crippen molar-refractivity contribution in [2.75, 3.05) is 38.1 Å². The second kappa shape index (κ2) is 6.44. The molecule has 1 heterocycles. The van der Waals surface area contributed by atoms with Gasteiger partial charge in [0.2, 0.25) is 0 Å². The SMILES string of the molecule is CCN1C[C@H](CN(C)CCC#N)Oc2ccccc21. The summed E-state index contributed by atoms with van der Waals surface area (Å²) >= 11 is 0. The van der Waals surface area contributed by atoms with Gasteiger partial charge in [0.25, 0.3) is 0 Å². The number of anilines is 1. The summed E-state index contributed by atoms with van der Waals surface area (Å²) in [6.07, 6.45) is 0.732. The number of nitrogens with zero attached hydrogens (tertiary/aromatic N) is 3. The Balaban J connectivity index is 2.01. The summed E-state index contributed by atoms with van der Waals surface area (Å²) in [5.41, 5.74) is 1.18. The summed E-state index contributed by atoms with van der Waals surface area (Å²) in [6.45, 7) is 5.71. The topological polar surface area (TPSA) is 39.5 Å². The molecule has 0 fully saturated rings. The smallest absolute Gasteiger partial charge is 0.143 e. The molecule has 0 saturated heterocycles. The predicted octanol–water partition coefficient (Wildman–Crippen LogP) is 2.12. The maximum Gasteiger partial charge on any atom is 0.143 e. The standard InChI is InChI=1S/C15H21N3O/c1-3-18-12-13(11-17(2)10-6-9-16)19-15-8-5-4-7-14(15)18/h4-5,7-8,13H,3,6,10-12H2,1-2H3/t13-/m0/s1. The first-order valence-corrected chi connectivity index (χ1v) is 6.80. The molecule has 0 aliphatic carbocycles. The third-order valence-electron chi connectivity index (χ3n) is 3.43. The minimum atomic E-state index is 0.165. The Labute approximate surface area is 115 Å². The van der Waals surface area contributed by atoms with Gasteiger partial charge in [-0.25, -0.2) is 0 Å². The molecule has 1 aliphatic rings. The van der Waals surface area contributed by atoms with Crippen molar-refractivity contribution in [1.29, 1.82) is 5.26 Å². The molecule has 4 heteroatoms. The predicted molar refractivity (Wildman–Crippen MR) is 76.5 cm³/mol. The average molecular weight is 259 g/mol. The molecule has 1 aliphatic heterocycles. The first-order valence-electron chi connectivity index (χ1n) is 6.80. The first-order chi connectivity index (χ1) is 9.24. The molecule has 102 valence electrons. The molecule has 0 radical (unpaired) electrons. The van der Waals surface area contributed by atoms with Crippen LogP contribution in [0.25, 0.3) is 0 Å². The zero-order valence-electron chi connectivity index (χ0n) is 11.7. The van der Waals surface area contributed by atoms with Crippen LogP contribution in [0.4, 0.5) is 5.69 Å². The van der Waals surface area contributed by atoms with Gasteiger partial charge in [0.15, 0.2) is 0 Å². The van der Waals surface area contributed by atoms with Crippen molar-refractivity contribution in [3.8, 4) is 11.8 Å². The van der Waals surface area contributed by atoms with Crippen molar-refractivity contribution in [3.05, 3.63) is 24.3 Å². The highest BCUT2D eigenvalue weighted by Gasteiger charge is 2.25. The van der Waals surface area contributed by atoms with Crippen LogP contribution in [0.1, 0.15) is 13.3 Å². The quantitative estimate of drug-likeness (QED) is 0.812. The zero-order chi connectivity index (χ0) is 13.7. The first kappa shape index (κ1) is 13.7. The van der Waals surface area contributed by atoms with Crippen molar-refractivity contribution in [2.24, 2.45) is 0 Å². The fraction of sp³-hybridized carbons (Fsp3) is 0.533.